The quantitative estimate of drug-likeness (QED) is 0.885. The van der Waals surface area contributed by atoms with Gasteiger partial charge in [-0.05, 0) is 30.5 Å². The fraction of sp³-hybridized carbons (Fsp3) is 0.400. The minimum Gasteiger partial charge on any atom is -0.312 e. The maximum atomic E-state index is 4.15. The second-order valence-corrected chi connectivity index (χ2v) is 5.76. The molecule has 0 amide bonds. The van der Waals surface area contributed by atoms with Gasteiger partial charge in [0, 0.05) is 17.1 Å². The molecule has 1 unspecified atom stereocenters. The first-order valence-electron chi connectivity index (χ1n) is 6.35. The van der Waals surface area contributed by atoms with Crippen LogP contribution in [0.2, 0.25) is 0 Å². The maximum Gasteiger partial charge on any atom is 0.0794 e. The van der Waals surface area contributed by atoms with Crippen molar-refractivity contribution in [2.75, 3.05) is 7.05 Å². The summed E-state index contributed by atoms with van der Waals surface area (Å²) < 4.78 is 0. The van der Waals surface area contributed by atoms with E-state index in [2.05, 4.69) is 48.4 Å². The second-order valence-electron chi connectivity index (χ2n) is 4.85. The molecule has 18 heavy (non-hydrogen) atoms. The third kappa shape index (κ3) is 3.18. The SMILES string of the molecule is CNC(Cc1ccc(C(C)C)cc1)c1cncs1. The highest BCUT2D eigenvalue weighted by molar-refractivity contribution is 7.09. The van der Waals surface area contributed by atoms with Crippen molar-refractivity contribution in [3.05, 3.63) is 52.0 Å². The molecule has 3 heteroatoms. The summed E-state index contributed by atoms with van der Waals surface area (Å²) in [5, 5.41) is 3.36. The normalized spacial score (nSPS) is 12.9. The summed E-state index contributed by atoms with van der Waals surface area (Å²) in [6, 6.07) is 9.31. The monoisotopic (exact) mass is 260 g/mol. The summed E-state index contributed by atoms with van der Waals surface area (Å²) in [6.07, 6.45) is 2.96. The van der Waals surface area contributed by atoms with Crippen LogP contribution in [0, 0.1) is 0 Å². The van der Waals surface area contributed by atoms with Gasteiger partial charge in [0.2, 0.25) is 0 Å². The molecule has 2 rings (SSSR count). The molecule has 2 aromatic rings. The van der Waals surface area contributed by atoms with Gasteiger partial charge in [-0.15, -0.1) is 11.3 Å². The molecule has 1 aromatic heterocycles. The van der Waals surface area contributed by atoms with Gasteiger partial charge in [-0.2, -0.15) is 0 Å². The second kappa shape index (κ2) is 6.12. The van der Waals surface area contributed by atoms with E-state index in [0.29, 0.717) is 12.0 Å². The Hall–Kier alpha value is -1.19. The van der Waals surface area contributed by atoms with Gasteiger partial charge in [-0.3, -0.25) is 4.98 Å². The van der Waals surface area contributed by atoms with Crippen LogP contribution in [0.1, 0.15) is 41.8 Å². The molecular weight excluding hydrogens is 240 g/mol. The topological polar surface area (TPSA) is 24.9 Å². The van der Waals surface area contributed by atoms with Crippen molar-refractivity contribution in [2.24, 2.45) is 0 Å². The van der Waals surface area contributed by atoms with Crippen molar-refractivity contribution in [3.63, 3.8) is 0 Å². The predicted molar refractivity (Wildman–Crippen MR) is 78.1 cm³/mol. The molecule has 1 heterocycles. The van der Waals surface area contributed by atoms with E-state index in [0.717, 1.165) is 6.42 Å². The molecule has 1 N–H and O–H groups in total. The van der Waals surface area contributed by atoms with Gasteiger partial charge in [0.05, 0.1) is 5.51 Å². The number of hydrogen-bond donors (Lipinski definition) is 1. The lowest BCUT2D eigenvalue weighted by atomic mass is 9.99. The molecular formula is C15H20N2S. The van der Waals surface area contributed by atoms with E-state index in [1.54, 1.807) is 11.3 Å². The number of aromatic nitrogens is 1. The van der Waals surface area contributed by atoms with Crippen molar-refractivity contribution in [3.8, 4) is 0 Å². The van der Waals surface area contributed by atoms with Crippen LogP contribution >= 0.6 is 11.3 Å². The van der Waals surface area contributed by atoms with Crippen molar-refractivity contribution >= 4 is 11.3 Å². The Labute approximate surface area is 113 Å². The number of likely N-dealkylation sites (N-methyl/N-ethyl adjacent to an activating group) is 1. The van der Waals surface area contributed by atoms with Crippen molar-refractivity contribution in [1.29, 1.82) is 0 Å². The molecule has 96 valence electrons. The van der Waals surface area contributed by atoms with Crippen LogP contribution in [-0.2, 0) is 6.42 Å². The van der Waals surface area contributed by atoms with Crippen LogP contribution in [0.3, 0.4) is 0 Å². The molecule has 0 aliphatic rings. The van der Waals surface area contributed by atoms with Crippen molar-refractivity contribution in [2.45, 2.75) is 32.2 Å². The number of thiazole rings is 1. The van der Waals surface area contributed by atoms with Crippen LogP contribution in [0.5, 0.6) is 0 Å². The van der Waals surface area contributed by atoms with Gasteiger partial charge in [0.1, 0.15) is 0 Å². The van der Waals surface area contributed by atoms with E-state index in [4.69, 9.17) is 0 Å². The van der Waals surface area contributed by atoms with Crippen molar-refractivity contribution in [1.82, 2.24) is 10.3 Å². The third-order valence-electron chi connectivity index (χ3n) is 3.23. The molecule has 1 atom stereocenters. The first-order chi connectivity index (χ1) is 8.70. The first-order valence-corrected chi connectivity index (χ1v) is 7.23. The Morgan fingerprint density at radius 1 is 1.22 bits per heavy atom. The van der Waals surface area contributed by atoms with E-state index in [1.807, 2.05) is 18.8 Å². The standard InChI is InChI=1S/C15H20N2S/c1-11(2)13-6-4-12(5-7-13)8-14(16-3)15-9-17-10-18-15/h4-7,9-11,14,16H,8H2,1-3H3. The number of rotatable bonds is 5. The Bertz CT molecular complexity index is 460. The first kappa shape index (κ1) is 13.2. The lowest BCUT2D eigenvalue weighted by molar-refractivity contribution is 0.601. The molecule has 0 saturated heterocycles. The van der Waals surface area contributed by atoms with Crippen molar-refractivity contribution < 1.29 is 0 Å². The predicted octanol–water partition coefficient (Wildman–Crippen LogP) is 3.77. The minimum atomic E-state index is 0.363. The fourth-order valence-corrected chi connectivity index (χ4v) is 2.75. The van der Waals surface area contributed by atoms with E-state index in [1.165, 1.54) is 16.0 Å². The molecule has 0 saturated carbocycles. The maximum absolute atomic E-state index is 4.15. The molecule has 2 nitrogen and oxygen atoms in total. The summed E-state index contributed by atoms with van der Waals surface area (Å²) in [4.78, 5) is 5.45. The summed E-state index contributed by atoms with van der Waals surface area (Å²) in [7, 11) is 2.01. The van der Waals surface area contributed by atoms with Gasteiger partial charge in [-0.25, -0.2) is 0 Å². The summed E-state index contributed by atoms with van der Waals surface area (Å²) >= 11 is 1.71. The average molecular weight is 260 g/mol. The Kier molecular flexibility index (Phi) is 4.50. The lowest BCUT2D eigenvalue weighted by Gasteiger charge is -2.14. The zero-order valence-corrected chi connectivity index (χ0v) is 12.0. The van der Waals surface area contributed by atoms with Crippen LogP contribution in [0.25, 0.3) is 0 Å². The summed E-state index contributed by atoms with van der Waals surface area (Å²) in [5.74, 6) is 0.598. The molecule has 0 aliphatic heterocycles. The smallest absolute Gasteiger partial charge is 0.0794 e. The van der Waals surface area contributed by atoms with E-state index in [-0.39, 0.29) is 0 Å². The van der Waals surface area contributed by atoms with E-state index in [9.17, 15) is 0 Å². The Balaban J connectivity index is 2.08. The van der Waals surface area contributed by atoms with Crippen LogP contribution in [-0.4, -0.2) is 12.0 Å². The third-order valence-corrected chi connectivity index (χ3v) is 4.12. The highest BCUT2D eigenvalue weighted by Crippen LogP contribution is 2.22. The van der Waals surface area contributed by atoms with Crippen LogP contribution in [0.4, 0.5) is 0 Å². The van der Waals surface area contributed by atoms with Gasteiger partial charge in [0.15, 0.2) is 0 Å². The molecule has 0 fully saturated rings. The molecule has 0 aliphatic carbocycles. The van der Waals surface area contributed by atoms with Crippen LogP contribution < -0.4 is 5.32 Å². The Morgan fingerprint density at radius 3 is 2.44 bits per heavy atom. The molecule has 0 spiro atoms. The summed E-state index contributed by atoms with van der Waals surface area (Å²) in [6.45, 7) is 4.45. The number of nitrogens with zero attached hydrogens (tertiary/aromatic N) is 1. The number of benzene rings is 1. The fourth-order valence-electron chi connectivity index (χ4n) is 2.02. The number of hydrogen-bond acceptors (Lipinski definition) is 3. The highest BCUT2D eigenvalue weighted by Gasteiger charge is 2.11. The lowest BCUT2D eigenvalue weighted by Crippen LogP contribution is -2.17. The van der Waals surface area contributed by atoms with Gasteiger partial charge in [0.25, 0.3) is 0 Å². The zero-order valence-electron chi connectivity index (χ0n) is 11.2. The Morgan fingerprint density at radius 2 is 1.94 bits per heavy atom. The highest BCUT2D eigenvalue weighted by atomic mass is 32.1. The van der Waals surface area contributed by atoms with E-state index < -0.39 is 0 Å². The largest absolute Gasteiger partial charge is 0.312 e. The molecule has 1 aromatic carbocycles. The number of nitrogens with one attached hydrogen (secondary N) is 1. The van der Waals surface area contributed by atoms with Gasteiger partial charge < -0.3 is 5.32 Å². The van der Waals surface area contributed by atoms with Gasteiger partial charge in [-0.1, -0.05) is 38.1 Å². The zero-order chi connectivity index (χ0) is 13.0. The molecule has 0 radical (unpaired) electrons. The minimum absolute atomic E-state index is 0.363. The van der Waals surface area contributed by atoms with Crippen LogP contribution in [0.15, 0.2) is 36.0 Å². The van der Waals surface area contributed by atoms with Gasteiger partial charge >= 0.3 is 0 Å². The van der Waals surface area contributed by atoms with E-state index >= 15 is 0 Å². The average Bonchev–Trinajstić information content (AvgIpc) is 2.90. The molecule has 0 bridgehead atoms. The summed E-state index contributed by atoms with van der Waals surface area (Å²) in [5.41, 5.74) is 4.66.